The van der Waals surface area contributed by atoms with Crippen LogP contribution in [0.1, 0.15) is 48.0 Å². The minimum Gasteiger partial charge on any atom is -0.365 e. The predicted molar refractivity (Wildman–Crippen MR) is 129 cm³/mol. The molecule has 2 aromatic rings. The van der Waals surface area contributed by atoms with E-state index in [1.54, 1.807) is 29.2 Å². The zero-order valence-electron chi connectivity index (χ0n) is 20.0. The number of alkyl halides is 3. The van der Waals surface area contributed by atoms with E-state index in [2.05, 4.69) is 32.5 Å². The molecule has 1 saturated carbocycles. The van der Waals surface area contributed by atoms with Crippen LogP contribution in [0.5, 0.6) is 0 Å². The van der Waals surface area contributed by atoms with Crippen LogP contribution in [0.25, 0.3) is 0 Å². The number of carbonyl (C=O) groups is 1. The fraction of sp³-hybridized carbons (Fsp3) is 0.542. The number of halogens is 3. The van der Waals surface area contributed by atoms with Crippen LogP contribution in [0.15, 0.2) is 30.5 Å². The van der Waals surface area contributed by atoms with Crippen molar-refractivity contribution in [2.75, 3.05) is 37.8 Å². The Morgan fingerprint density at radius 2 is 1.83 bits per heavy atom. The van der Waals surface area contributed by atoms with Crippen LogP contribution < -0.4 is 16.4 Å². The van der Waals surface area contributed by atoms with E-state index in [0.717, 1.165) is 45.0 Å². The van der Waals surface area contributed by atoms with Crippen LogP contribution in [0.3, 0.4) is 0 Å². The van der Waals surface area contributed by atoms with Gasteiger partial charge < -0.3 is 26.2 Å². The molecule has 1 aromatic heterocycles. The van der Waals surface area contributed by atoms with Gasteiger partial charge in [-0.15, -0.1) is 0 Å². The lowest BCUT2D eigenvalue weighted by Gasteiger charge is -2.35. The van der Waals surface area contributed by atoms with E-state index in [4.69, 9.17) is 5.73 Å². The molecule has 190 valence electrons. The number of carbonyl (C=O) groups excluding carboxylic acids is 1. The minimum absolute atomic E-state index is 0.0228. The van der Waals surface area contributed by atoms with Gasteiger partial charge in [0.05, 0.1) is 0 Å². The monoisotopic (exact) mass is 491 g/mol. The summed E-state index contributed by atoms with van der Waals surface area (Å²) in [5, 5.41) is 5.80. The smallest absolute Gasteiger partial charge is 0.365 e. The standard InChI is InChI=1S/C24H32F3N7O/c1-33-12-10-17(11-13-33)34(2)22(35)15-6-8-16(9-7-15)30-23-29-14-18(24(25,26)27)21(32-23)31-20-5-3-4-19(20)28/h6-9,14,17,19-20H,3-5,10-13,28H2,1-2H3,(H2,29,30,31,32)/t19-,20+/m0/s1. The first kappa shape index (κ1) is 25.2. The largest absolute Gasteiger partial charge is 0.421 e. The molecule has 1 saturated heterocycles. The zero-order chi connectivity index (χ0) is 25.2. The summed E-state index contributed by atoms with van der Waals surface area (Å²) in [5.74, 6) is -0.324. The van der Waals surface area contributed by atoms with Gasteiger partial charge in [-0.25, -0.2) is 4.98 Å². The van der Waals surface area contributed by atoms with Crippen LogP contribution in [0.2, 0.25) is 0 Å². The summed E-state index contributed by atoms with van der Waals surface area (Å²) in [5.41, 5.74) is 6.20. The van der Waals surface area contributed by atoms with E-state index in [0.29, 0.717) is 17.7 Å². The Labute approximate surface area is 203 Å². The highest BCUT2D eigenvalue weighted by molar-refractivity contribution is 5.94. The van der Waals surface area contributed by atoms with Crippen LogP contribution >= 0.6 is 0 Å². The Morgan fingerprint density at radius 3 is 2.43 bits per heavy atom. The maximum absolute atomic E-state index is 13.5. The summed E-state index contributed by atoms with van der Waals surface area (Å²) in [6.45, 7) is 1.92. The van der Waals surface area contributed by atoms with E-state index in [1.165, 1.54) is 0 Å². The van der Waals surface area contributed by atoms with Crippen molar-refractivity contribution in [3.8, 4) is 0 Å². The van der Waals surface area contributed by atoms with Crippen molar-refractivity contribution in [2.45, 2.75) is 56.4 Å². The van der Waals surface area contributed by atoms with Crippen LogP contribution in [0.4, 0.5) is 30.6 Å². The number of rotatable bonds is 6. The van der Waals surface area contributed by atoms with Gasteiger partial charge in [0.1, 0.15) is 11.4 Å². The summed E-state index contributed by atoms with van der Waals surface area (Å²) in [6, 6.07) is 6.48. The second kappa shape index (κ2) is 10.4. The average molecular weight is 492 g/mol. The maximum Gasteiger partial charge on any atom is 0.421 e. The summed E-state index contributed by atoms with van der Waals surface area (Å²) >= 11 is 0. The summed E-state index contributed by atoms with van der Waals surface area (Å²) in [4.78, 5) is 24.9. The molecular formula is C24H32F3N7O. The van der Waals surface area contributed by atoms with Crippen LogP contribution in [-0.4, -0.2) is 71.0 Å². The van der Waals surface area contributed by atoms with Crippen molar-refractivity contribution in [1.82, 2.24) is 19.8 Å². The third-order valence-corrected chi connectivity index (χ3v) is 6.93. The highest BCUT2D eigenvalue weighted by atomic mass is 19.4. The third kappa shape index (κ3) is 6.02. The number of piperidine rings is 1. The Kier molecular flexibility index (Phi) is 7.46. The Bertz CT molecular complexity index is 1020. The van der Waals surface area contributed by atoms with Gasteiger partial charge in [-0.2, -0.15) is 18.2 Å². The van der Waals surface area contributed by atoms with E-state index >= 15 is 0 Å². The van der Waals surface area contributed by atoms with Crippen molar-refractivity contribution in [3.05, 3.63) is 41.6 Å². The van der Waals surface area contributed by atoms with Crippen molar-refractivity contribution in [3.63, 3.8) is 0 Å². The Morgan fingerprint density at radius 1 is 1.14 bits per heavy atom. The molecule has 4 rings (SSSR count). The molecule has 2 aliphatic rings. The topological polar surface area (TPSA) is 99.4 Å². The number of amides is 1. The van der Waals surface area contributed by atoms with Gasteiger partial charge >= 0.3 is 6.18 Å². The SMILES string of the molecule is CN1CCC(N(C)C(=O)c2ccc(Nc3ncc(C(F)(F)F)c(N[C@@H]4CCC[C@@H]4N)n3)cc2)CC1. The first-order valence-corrected chi connectivity index (χ1v) is 11.9. The number of anilines is 3. The molecule has 2 atom stereocenters. The van der Waals surface area contributed by atoms with E-state index in [9.17, 15) is 18.0 Å². The molecule has 1 aromatic carbocycles. The minimum atomic E-state index is -4.59. The summed E-state index contributed by atoms with van der Waals surface area (Å²) < 4.78 is 40.5. The van der Waals surface area contributed by atoms with E-state index in [-0.39, 0.29) is 35.8 Å². The van der Waals surface area contributed by atoms with E-state index in [1.807, 2.05) is 7.05 Å². The maximum atomic E-state index is 13.5. The Balaban J connectivity index is 1.46. The molecule has 2 fully saturated rings. The molecule has 2 heterocycles. The molecule has 1 aliphatic carbocycles. The molecule has 0 radical (unpaired) electrons. The van der Waals surface area contributed by atoms with Crippen molar-refractivity contribution in [1.29, 1.82) is 0 Å². The Hall–Kier alpha value is -2.92. The molecule has 0 bridgehead atoms. The van der Waals surface area contributed by atoms with Crippen molar-refractivity contribution in [2.24, 2.45) is 5.73 Å². The van der Waals surface area contributed by atoms with Gasteiger partial charge in [0.25, 0.3) is 5.91 Å². The second-order valence-corrected chi connectivity index (χ2v) is 9.45. The third-order valence-electron chi connectivity index (χ3n) is 6.93. The molecule has 1 aliphatic heterocycles. The lowest BCUT2D eigenvalue weighted by molar-refractivity contribution is -0.137. The number of nitrogens with one attached hydrogen (secondary N) is 2. The average Bonchev–Trinajstić information content (AvgIpc) is 3.22. The molecule has 8 nitrogen and oxygen atoms in total. The first-order chi connectivity index (χ1) is 16.6. The summed E-state index contributed by atoms with van der Waals surface area (Å²) in [7, 11) is 3.90. The summed E-state index contributed by atoms with van der Waals surface area (Å²) in [6.07, 6.45) is 0.351. The van der Waals surface area contributed by atoms with Crippen molar-refractivity contribution < 1.29 is 18.0 Å². The van der Waals surface area contributed by atoms with Gasteiger partial charge in [0, 0.05) is 42.6 Å². The van der Waals surface area contributed by atoms with Gasteiger partial charge in [-0.05, 0) is 76.5 Å². The normalized spacial score (nSPS) is 21.7. The molecule has 0 spiro atoms. The number of benzene rings is 1. The molecule has 4 N–H and O–H groups in total. The lowest BCUT2D eigenvalue weighted by Crippen LogP contribution is -2.44. The molecule has 11 heteroatoms. The fourth-order valence-electron chi connectivity index (χ4n) is 4.68. The second-order valence-electron chi connectivity index (χ2n) is 9.45. The number of hydrogen-bond acceptors (Lipinski definition) is 7. The van der Waals surface area contributed by atoms with Gasteiger partial charge in [-0.1, -0.05) is 0 Å². The zero-order valence-corrected chi connectivity index (χ0v) is 20.0. The molecule has 35 heavy (non-hydrogen) atoms. The molecular weight excluding hydrogens is 459 g/mol. The van der Waals surface area contributed by atoms with Gasteiger partial charge in [0.15, 0.2) is 0 Å². The quantitative estimate of drug-likeness (QED) is 0.567. The molecule has 1 amide bonds. The fourth-order valence-corrected chi connectivity index (χ4v) is 4.68. The molecule has 0 unspecified atom stereocenters. The van der Waals surface area contributed by atoms with Crippen LogP contribution in [0, 0.1) is 0 Å². The van der Waals surface area contributed by atoms with Gasteiger partial charge in [0.2, 0.25) is 5.95 Å². The van der Waals surface area contributed by atoms with Crippen LogP contribution in [-0.2, 0) is 6.18 Å². The highest BCUT2D eigenvalue weighted by Gasteiger charge is 2.37. The highest BCUT2D eigenvalue weighted by Crippen LogP contribution is 2.35. The predicted octanol–water partition coefficient (Wildman–Crippen LogP) is 3.70. The van der Waals surface area contributed by atoms with E-state index < -0.39 is 11.7 Å². The number of likely N-dealkylation sites (tertiary alicyclic amines) is 1. The number of aromatic nitrogens is 2. The first-order valence-electron chi connectivity index (χ1n) is 11.9. The number of hydrogen-bond donors (Lipinski definition) is 3. The number of nitrogens with two attached hydrogens (primary N) is 1. The van der Waals surface area contributed by atoms with Gasteiger partial charge in [-0.3, -0.25) is 4.79 Å². The number of nitrogens with zero attached hydrogens (tertiary/aromatic N) is 4. The lowest BCUT2D eigenvalue weighted by atomic mass is 10.0. The van der Waals surface area contributed by atoms with Crippen molar-refractivity contribution >= 4 is 23.4 Å².